The number of nitrogens with zero attached hydrogens (tertiary/aromatic N) is 7. The minimum Gasteiger partial charge on any atom is -0.351 e. The van der Waals surface area contributed by atoms with Crippen molar-refractivity contribution >= 4 is 23.2 Å². The Balaban J connectivity index is 1.39. The summed E-state index contributed by atoms with van der Waals surface area (Å²) in [5, 5.41) is 7.47. The van der Waals surface area contributed by atoms with Crippen LogP contribution in [0.5, 0.6) is 0 Å². The van der Waals surface area contributed by atoms with Gasteiger partial charge in [-0.15, -0.1) is 0 Å². The number of amides is 1. The molecule has 1 aliphatic rings. The Bertz CT molecular complexity index is 1030. The van der Waals surface area contributed by atoms with E-state index in [1.165, 1.54) is 5.56 Å². The van der Waals surface area contributed by atoms with E-state index >= 15 is 0 Å². The van der Waals surface area contributed by atoms with Crippen LogP contribution in [0.25, 0.3) is 5.65 Å². The predicted octanol–water partition coefficient (Wildman–Crippen LogP) is 0.800. The van der Waals surface area contributed by atoms with Gasteiger partial charge in [0.25, 0.3) is 0 Å². The Hall–Kier alpha value is -3.36. The standard InChI is InChI=1S/C19H24N8O/c1-14-4-5-25-11-15(23-17(25)8-14)9-21-19(20-2)26-6-7-27(18(28)13-26)16-10-22-24(3)12-16/h4-5,8,10-12H,6-7,9,13H2,1-3H3,(H,20,21). The lowest BCUT2D eigenvalue weighted by molar-refractivity contribution is -0.120. The van der Waals surface area contributed by atoms with E-state index in [1.54, 1.807) is 22.8 Å². The van der Waals surface area contributed by atoms with Crippen LogP contribution in [-0.4, -0.2) is 62.6 Å². The summed E-state index contributed by atoms with van der Waals surface area (Å²) >= 11 is 0. The number of hydrogen-bond donors (Lipinski definition) is 1. The topological polar surface area (TPSA) is 83.1 Å². The van der Waals surface area contributed by atoms with Gasteiger partial charge in [-0.3, -0.25) is 14.5 Å². The van der Waals surface area contributed by atoms with E-state index in [9.17, 15) is 4.79 Å². The third-order valence-corrected chi connectivity index (χ3v) is 4.83. The Morgan fingerprint density at radius 2 is 2.18 bits per heavy atom. The van der Waals surface area contributed by atoms with Crippen LogP contribution in [0, 0.1) is 6.92 Å². The zero-order valence-corrected chi connectivity index (χ0v) is 16.3. The number of carbonyl (C=O) groups is 1. The van der Waals surface area contributed by atoms with Crippen LogP contribution in [0.4, 0.5) is 5.69 Å². The molecule has 1 aliphatic heterocycles. The minimum absolute atomic E-state index is 0.0328. The maximum Gasteiger partial charge on any atom is 0.246 e. The van der Waals surface area contributed by atoms with Crippen LogP contribution in [0.3, 0.4) is 0 Å². The zero-order valence-electron chi connectivity index (χ0n) is 16.3. The van der Waals surface area contributed by atoms with Crippen molar-refractivity contribution in [3.05, 3.63) is 48.2 Å². The Morgan fingerprint density at radius 3 is 2.89 bits per heavy atom. The number of aryl methyl sites for hydroxylation is 2. The number of anilines is 1. The van der Waals surface area contributed by atoms with Gasteiger partial charge in [0.2, 0.25) is 5.91 Å². The largest absolute Gasteiger partial charge is 0.351 e. The average Bonchev–Trinajstić information content (AvgIpc) is 3.27. The predicted molar refractivity (Wildman–Crippen MR) is 107 cm³/mol. The fourth-order valence-corrected chi connectivity index (χ4v) is 3.40. The number of nitrogens with one attached hydrogen (secondary N) is 1. The molecule has 1 saturated heterocycles. The molecule has 9 heteroatoms. The molecular weight excluding hydrogens is 356 g/mol. The molecule has 1 amide bonds. The van der Waals surface area contributed by atoms with E-state index in [-0.39, 0.29) is 12.5 Å². The van der Waals surface area contributed by atoms with Crippen LogP contribution in [-0.2, 0) is 18.4 Å². The molecule has 28 heavy (non-hydrogen) atoms. The smallest absolute Gasteiger partial charge is 0.246 e. The van der Waals surface area contributed by atoms with Gasteiger partial charge in [0, 0.05) is 45.8 Å². The van der Waals surface area contributed by atoms with Crippen LogP contribution < -0.4 is 10.2 Å². The first-order valence-corrected chi connectivity index (χ1v) is 9.22. The summed E-state index contributed by atoms with van der Waals surface area (Å²) < 4.78 is 3.70. The van der Waals surface area contributed by atoms with E-state index in [0.717, 1.165) is 17.0 Å². The van der Waals surface area contributed by atoms with Gasteiger partial charge in [-0.1, -0.05) is 0 Å². The van der Waals surface area contributed by atoms with E-state index < -0.39 is 0 Å². The van der Waals surface area contributed by atoms with Crippen molar-refractivity contribution in [2.45, 2.75) is 13.5 Å². The third kappa shape index (κ3) is 3.55. The minimum atomic E-state index is 0.0328. The fraction of sp³-hybridized carbons (Fsp3) is 0.368. The van der Waals surface area contributed by atoms with Gasteiger partial charge in [0.15, 0.2) is 5.96 Å². The molecular formula is C19H24N8O. The summed E-state index contributed by atoms with van der Waals surface area (Å²) in [7, 11) is 3.57. The highest BCUT2D eigenvalue weighted by Crippen LogP contribution is 2.16. The Kier molecular flexibility index (Phi) is 4.72. The maximum atomic E-state index is 12.6. The first-order chi connectivity index (χ1) is 13.5. The number of fused-ring (bicyclic) bond motifs is 1. The van der Waals surface area contributed by atoms with Crippen molar-refractivity contribution < 1.29 is 4.79 Å². The summed E-state index contributed by atoms with van der Waals surface area (Å²) in [5.74, 6) is 0.734. The molecule has 146 valence electrons. The number of carbonyl (C=O) groups excluding carboxylic acids is 1. The second-order valence-corrected chi connectivity index (χ2v) is 6.94. The van der Waals surface area contributed by atoms with Crippen molar-refractivity contribution in [2.75, 3.05) is 31.6 Å². The summed E-state index contributed by atoms with van der Waals surface area (Å²) in [5.41, 5.74) is 3.85. The molecule has 0 aliphatic carbocycles. The van der Waals surface area contributed by atoms with Gasteiger partial charge in [-0.25, -0.2) is 4.98 Å². The summed E-state index contributed by atoms with van der Waals surface area (Å²) in [6.07, 6.45) is 7.57. The first kappa shape index (κ1) is 18.0. The number of guanidine groups is 1. The lowest BCUT2D eigenvalue weighted by atomic mass is 10.3. The number of aliphatic imine (C=N–C) groups is 1. The van der Waals surface area contributed by atoms with Gasteiger partial charge in [-0.05, 0) is 24.6 Å². The molecule has 0 aromatic carbocycles. The molecule has 0 unspecified atom stereocenters. The van der Waals surface area contributed by atoms with Crippen LogP contribution in [0.1, 0.15) is 11.3 Å². The van der Waals surface area contributed by atoms with Crippen molar-refractivity contribution in [3.8, 4) is 0 Å². The number of aromatic nitrogens is 4. The molecule has 0 saturated carbocycles. The monoisotopic (exact) mass is 380 g/mol. The maximum absolute atomic E-state index is 12.6. The number of piperazine rings is 1. The van der Waals surface area contributed by atoms with E-state index in [1.807, 2.05) is 34.9 Å². The van der Waals surface area contributed by atoms with Crippen molar-refractivity contribution in [1.29, 1.82) is 0 Å². The molecule has 3 aromatic rings. The quantitative estimate of drug-likeness (QED) is 0.537. The highest BCUT2D eigenvalue weighted by molar-refractivity contribution is 5.98. The van der Waals surface area contributed by atoms with Gasteiger partial charge in [0.1, 0.15) is 12.2 Å². The lowest BCUT2D eigenvalue weighted by Gasteiger charge is -2.35. The number of pyridine rings is 1. The fourth-order valence-electron chi connectivity index (χ4n) is 3.40. The molecule has 0 atom stereocenters. The van der Waals surface area contributed by atoms with Crippen LogP contribution in [0.15, 0.2) is 41.9 Å². The van der Waals surface area contributed by atoms with E-state index in [4.69, 9.17) is 0 Å². The Labute approximate surface area is 163 Å². The molecule has 9 nitrogen and oxygen atoms in total. The van der Waals surface area contributed by atoms with Crippen molar-refractivity contribution in [1.82, 2.24) is 29.4 Å². The second-order valence-electron chi connectivity index (χ2n) is 6.94. The summed E-state index contributed by atoms with van der Waals surface area (Å²) in [4.78, 5) is 25.3. The number of imidazole rings is 1. The van der Waals surface area contributed by atoms with Gasteiger partial charge in [0.05, 0.1) is 24.1 Å². The van der Waals surface area contributed by atoms with Crippen molar-refractivity contribution in [3.63, 3.8) is 0 Å². The molecule has 1 N–H and O–H groups in total. The molecule has 0 spiro atoms. The molecule has 3 aromatic heterocycles. The normalized spacial score (nSPS) is 15.5. The molecule has 0 bridgehead atoms. The zero-order chi connectivity index (χ0) is 19.7. The second kappa shape index (κ2) is 7.34. The highest BCUT2D eigenvalue weighted by atomic mass is 16.2. The van der Waals surface area contributed by atoms with E-state index in [2.05, 4.69) is 39.4 Å². The van der Waals surface area contributed by atoms with Crippen molar-refractivity contribution in [2.24, 2.45) is 12.0 Å². The molecule has 4 rings (SSSR count). The third-order valence-electron chi connectivity index (χ3n) is 4.83. The van der Waals surface area contributed by atoms with Gasteiger partial charge >= 0.3 is 0 Å². The highest BCUT2D eigenvalue weighted by Gasteiger charge is 2.27. The van der Waals surface area contributed by atoms with Crippen LogP contribution >= 0.6 is 0 Å². The summed E-state index contributed by atoms with van der Waals surface area (Å²) in [6, 6.07) is 4.10. The van der Waals surface area contributed by atoms with Gasteiger partial charge < -0.3 is 19.5 Å². The van der Waals surface area contributed by atoms with Crippen LogP contribution in [0.2, 0.25) is 0 Å². The van der Waals surface area contributed by atoms with Gasteiger partial charge in [-0.2, -0.15) is 5.10 Å². The number of rotatable bonds is 3. The lowest BCUT2D eigenvalue weighted by Crippen LogP contribution is -2.55. The molecule has 0 radical (unpaired) electrons. The summed E-state index contributed by atoms with van der Waals surface area (Å²) in [6.45, 7) is 4.17. The molecule has 1 fully saturated rings. The Morgan fingerprint density at radius 1 is 1.32 bits per heavy atom. The molecule has 4 heterocycles. The SMILES string of the molecule is CN=C(NCc1cn2ccc(C)cc2n1)N1CCN(c2cnn(C)c2)C(=O)C1. The average molecular weight is 380 g/mol. The van der Waals surface area contributed by atoms with E-state index in [0.29, 0.717) is 25.6 Å². The number of hydrogen-bond acceptors (Lipinski definition) is 4. The first-order valence-electron chi connectivity index (χ1n) is 9.22.